The quantitative estimate of drug-likeness (QED) is 0.674. The molecule has 0 fully saturated rings. The van der Waals surface area contributed by atoms with Crippen molar-refractivity contribution in [3.8, 4) is 0 Å². The third-order valence-electron chi connectivity index (χ3n) is 2.26. The highest BCUT2D eigenvalue weighted by Gasteiger charge is 2.17. The molecule has 1 N–H and O–H groups in total. The smallest absolute Gasteiger partial charge is 0.390 e. The van der Waals surface area contributed by atoms with Crippen molar-refractivity contribution in [2.45, 2.75) is 6.54 Å². The molecule has 2 aromatic rings. The van der Waals surface area contributed by atoms with Gasteiger partial charge in [-0.25, -0.2) is 0 Å². The molecule has 110 valence electrons. The van der Waals surface area contributed by atoms with E-state index in [1.54, 1.807) is 0 Å². The monoisotopic (exact) mass is 349 g/mol. The van der Waals surface area contributed by atoms with Crippen LogP contribution >= 0.6 is 34.8 Å². The number of carbonyl (C=O) groups excluding carboxylic acids is 1. The molecule has 0 aliphatic heterocycles. The maximum absolute atomic E-state index is 11.8. The predicted octanol–water partition coefficient (Wildman–Crippen LogP) is 2.79. The molecule has 0 radical (unpaired) electrons. The Bertz CT molecular complexity index is 695. The molecule has 0 saturated heterocycles. The van der Waals surface area contributed by atoms with Gasteiger partial charge < -0.3 is 15.4 Å². The fourth-order valence-electron chi connectivity index (χ4n) is 1.43. The molecule has 1 aromatic carbocycles. The maximum atomic E-state index is 11.8. The molecule has 1 heterocycles. The minimum absolute atomic E-state index is 0.172. The number of nitrogens with zero attached hydrogens (tertiary/aromatic N) is 4. The summed E-state index contributed by atoms with van der Waals surface area (Å²) in [6.07, 6.45) is 1.07. The number of anilines is 1. The van der Waals surface area contributed by atoms with Gasteiger partial charge in [-0.15, -0.1) is 0 Å². The normalized spacial score (nSPS) is 10.4. The van der Waals surface area contributed by atoms with Gasteiger partial charge in [-0.3, -0.25) is 4.79 Å². The average Bonchev–Trinajstić information content (AvgIpc) is 2.82. The van der Waals surface area contributed by atoms with Gasteiger partial charge in [-0.2, -0.15) is 4.68 Å². The lowest BCUT2D eigenvalue weighted by molar-refractivity contribution is -0.394. The van der Waals surface area contributed by atoms with Crippen LogP contribution in [0.15, 0.2) is 18.5 Å². The summed E-state index contributed by atoms with van der Waals surface area (Å²) in [6, 6.07) is 2.84. The highest BCUT2D eigenvalue weighted by atomic mass is 35.5. The first-order valence-corrected chi connectivity index (χ1v) is 6.48. The molecule has 8 nitrogen and oxygen atoms in total. The van der Waals surface area contributed by atoms with Crippen LogP contribution in [0.25, 0.3) is 0 Å². The molecule has 0 aliphatic carbocycles. The fraction of sp³-hybridized carbons (Fsp3) is 0.100. The maximum Gasteiger partial charge on any atom is 0.490 e. The SMILES string of the molecule is O=C(Cn1cnc([N+](=O)[O-])n1)Nc1c(Cl)cc(Cl)cc1Cl. The Morgan fingerprint density at radius 2 is 1.95 bits per heavy atom. The zero-order chi connectivity index (χ0) is 15.6. The second kappa shape index (κ2) is 6.25. The molecule has 21 heavy (non-hydrogen) atoms. The lowest BCUT2D eigenvalue weighted by Gasteiger charge is -2.09. The third kappa shape index (κ3) is 3.81. The van der Waals surface area contributed by atoms with Crippen LogP contribution in [-0.2, 0) is 11.3 Å². The largest absolute Gasteiger partial charge is 0.490 e. The first-order valence-electron chi connectivity index (χ1n) is 5.35. The Morgan fingerprint density at radius 3 is 2.48 bits per heavy atom. The van der Waals surface area contributed by atoms with Gasteiger partial charge in [0, 0.05) is 10.1 Å². The average molecular weight is 351 g/mol. The Kier molecular flexibility index (Phi) is 4.61. The summed E-state index contributed by atoms with van der Waals surface area (Å²) < 4.78 is 1.02. The topological polar surface area (TPSA) is 103 Å². The minimum atomic E-state index is -0.763. The number of aromatic nitrogens is 3. The number of nitro groups is 1. The number of hydrogen-bond donors (Lipinski definition) is 1. The number of hydrogen-bond acceptors (Lipinski definition) is 5. The molecule has 11 heteroatoms. The molecular formula is C10H6Cl3N5O3. The predicted molar refractivity (Wildman–Crippen MR) is 76.8 cm³/mol. The van der Waals surface area contributed by atoms with E-state index in [0.29, 0.717) is 5.02 Å². The Hall–Kier alpha value is -1.90. The lowest BCUT2D eigenvalue weighted by atomic mass is 10.3. The second-order valence-corrected chi connectivity index (χ2v) is 5.04. The van der Waals surface area contributed by atoms with Gasteiger partial charge in [-0.05, 0) is 17.1 Å². The highest BCUT2D eigenvalue weighted by Crippen LogP contribution is 2.33. The van der Waals surface area contributed by atoms with E-state index >= 15 is 0 Å². The number of benzene rings is 1. The lowest BCUT2D eigenvalue weighted by Crippen LogP contribution is -2.19. The summed E-state index contributed by atoms with van der Waals surface area (Å²) in [4.78, 5) is 24.9. The summed E-state index contributed by atoms with van der Waals surface area (Å²) in [5.41, 5.74) is 0.197. The zero-order valence-electron chi connectivity index (χ0n) is 10.1. The van der Waals surface area contributed by atoms with Crippen LogP contribution in [0.2, 0.25) is 15.1 Å². The molecule has 0 unspecified atom stereocenters. The van der Waals surface area contributed by atoms with Crippen LogP contribution in [-0.4, -0.2) is 25.6 Å². The van der Waals surface area contributed by atoms with Crippen LogP contribution in [0.3, 0.4) is 0 Å². The molecule has 2 rings (SSSR count). The number of carbonyl (C=O) groups is 1. The van der Waals surface area contributed by atoms with Crippen molar-refractivity contribution < 1.29 is 9.72 Å². The van der Waals surface area contributed by atoms with Crippen LogP contribution < -0.4 is 5.32 Å². The van der Waals surface area contributed by atoms with Gasteiger partial charge in [0.15, 0.2) is 0 Å². The Morgan fingerprint density at radius 1 is 1.33 bits per heavy atom. The third-order valence-corrected chi connectivity index (χ3v) is 3.08. The molecular weight excluding hydrogens is 345 g/mol. The summed E-state index contributed by atoms with van der Waals surface area (Å²) >= 11 is 17.6. The van der Waals surface area contributed by atoms with Gasteiger partial charge in [0.05, 0.1) is 15.7 Å². The molecule has 0 bridgehead atoms. The van der Waals surface area contributed by atoms with E-state index in [-0.39, 0.29) is 22.3 Å². The zero-order valence-corrected chi connectivity index (χ0v) is 12.4. The molecule has 1 aromatic heterocycles. The van der Waals surface area contributed by atoms with Crippen molar-refractivity contribution in [1.29, 1.82) is 0 Å². The van der Waals surface area contributed by atoms with E-state index in [2.05, 4.69) is 15.4 Å². The van der Waals surface area contributed by atoms with E-state index in [0.717, 1.165) is 11.0 Å². The van der Waals surface area contributed by atoms with Gasteiger partial charge in [-0.1, -0.05) is 39.8 Å². The molecule has 0 saturated carbocycles. The first kappa shape index (κ1) is 15.5. The van der Waals surface area contributed by atoms with E-state index < -0.39 is 16.8 Å². The molecule has 1 amide bonds. The molecule has 0 atom stereocenters. The summed E-state index contributed by atoms with van der Waals surface area (Å²) in [6.45, 7) is -0.282. The van der Waals surface area contributed by atoms with Crippen LogP contribution in [0.1, 0.15) is 0 Å². The summed E-state index contributed by atoms with van der Waals surface area (Å²) in [5.74, 6) is -1.12. The molecule has 0 spiro atoms. The standard InChI is InChI=1S/C10H6Cl3N5O3/c11-5-1-6(12)9(7(13)2-5)15-8(19)3-17-4-14-10(16-17)18(20)21/h1-2,4H,3H2,(H,15,19). The first-order chi connectivity index (χ1) is 9.86. The van der Waals surface area contributed by atoms with E-state index in [4.69, 9.17) is 34.8 Å². The Balaban J connectivity index is 2.10. The number of nitrogens with one attached hydrogen (secondary N) is 1. The van der Waals surface area contributed by atoms with Crippen molar-refractivity contribution in [1.82, 2.24) is 14.8 Å². The van der Waals surface area contributed by atoms with Crippen LogP contribution in [0.5, 0.6) is 0 Å². The summed E-state index contributed by atoms with van der Waals surface area (Å²) in [5, 5.41) is 17.1. The van der Waals surface area contributed by atoms with E-state index in [9.17, 15) is 14.9 Å². The van der Waals surface area contributed by atoms with Crippen molar-refractivity contribution in [2.24, 2.45) is 0 Å². The van der Waals surface area contributed by atoms with Crippen LogP contribution in [0.4, 0.5) is 11.6 Å². The molecule has 0 aliphatic rings. The minimum Gasteiger partial charge on any atom is -0.390 e. The van der Waals surface area contributed by atoms with Crippen molar-refractivity contribution in [2.75, 3.05) is 5.32 Å². The van der Waals surface area contributed by atoms with Crippen molar-refractivity contribution >= 4 is 52.3 Å². The Labute approximate surface area is 132 Å². The van der Waals surface area contributed by atoms with Gasteiger partial charge >= 0.3 is 5.95 Å². The fourth-order valence-corrected chi connectivity index (χ4v) is 2.34. The second-order valence-electron chi connectivity index (χ2n) is 3.79. The van der Waals surface area contributed by atoms with Crippen molar-refractivity contribution in [3.63, 3.8) is 0 Å². The van der Waals surface area contributed by atoms with Crippen LogP contribution in [0, 0.1) is 10.1 Å². The van der Waals surface area contributed by atoms with Gasteiger partial charge in [0.2, 0.25) is 12.2 Å². The number of halogens is 3. The van der Waals surface area contributed by atoms with E-state index in [1.165, 1.54) is 12.1 Å². The van der Waals surface area contributed by atoms with Crippen molar-refractivity contribution in [3.05, 3.63) is 43.6 Å². The van der Waals surface area contributed by atoms with Gasteiger partial charge in [0.1, 0.15) is 6.54 Å². The number of amides is 1. The highest BCUT2D eigenvalue weighted by molar-refractivity contribution is 6.42. The van der Waals surface area contributed by atoms with E-state index in [1.807, 2.05) is 0 Å². The summed E-state index contributed by atoms with van der Waals surface area (Å²) in [7, 11) is 0. The van der Waals surface area contributed by atoms with Gasteiger partial charge in [0.25, 0.3) is 0 Å². The number of rotatable bonds is 4.